The lowest BCUT2D eigenvalue weighted by Gasteiger charge is -2.20. The fourth-order valence-electron chi connectivity index (χ4n) is 6.52. The van der Waals surface area contributed by atoms with E-state index in [9.17, 15) is 24.2 Å². The Bertz CT molecular complexity index is 873. The van der Waals surface area contributed by atoms with Crippen LogP contribution in [-0.2, 0) is 32.7 Å². The zero-order chi connectivity index (χ0) is 39.8. The minimum Gasteiger partial charge on any atom is -0.462 e. The van der Waals surface area contributed by atoms with E-state index in [0.29, 0.717) is 12.8 Å². The molecule has 0 aromatic carbocycles. The van der Waals surface area contributed by atoms with Crippen LogP contribution in [0.3, 0.4) is 0 Å². The molecule has 0 aliphatic carbocycles. The Kier molecular flexibility index (Phi) is 39.4. The van der Waals surface area contributed by atoms with Crippen LogP contribution in [0.25, 0.3) is 0 Å². The molecular weight excluding hydrogens is 707 g/mol. The van der Waals surface area contributed by atoms with Crippen molar-refractivity contribution in [1.82, 2.24) is 0 Å². The zero-order valence-electron chi connectivity index (χ0n) is 35.0. The number of phosphoric acid groups is 1. The summed E-state index contributed by atoms with van der Waals surface area (Å²) in [6, 6.07) is 0. The third kappa shape index (κ3) is 39.2. The first-order valence-corrected chi connectivity index (χ1v) is 24.0. The van der Waals surface area contributed by atoms with Gasteiger partial charge in [-0.2, -0.15) is 0 Å². The van der Waals surface area contributed by atoms with Gasteiger partial charge in [-0.25, -0.2) is 4.57 Å². The standard InChI is InChI=1S/C43H85O10P/c1-3-5-7-9-11-13-15-17-19-20-21-23-25-27-29-31-33-35-43(47)53-41(39-52-54(48,49)51-37-40(45)36-44)38-50-42(46)34-32-30-28-26-24-22-18-16-14-12-10-8-6-4-2/h40-41,44-45H,3-39H2,1-2H3,(H,48,49). The SMILES string of the molecule is CCCCCCCCCCCCCCCCCCCC(=O)OC(COC(=O)CCCCCCCCCCCCCCCC)COP(=O)(O)OCC(O)CO. The van der Waals surface area contributed by atoms with Crippen molar-refractivity contribution in [2.24, 2.45) is 0 Å². The Morgan fingerprint density at radius 2 is 0.796 bits per heavy atom. The Hall–Kier alpha value is -1.03. The molecule has 11 heteroatoms. The maximum atomic E-state index is 12.6. The molecule has 0 heterocycles. The van der Waals surface area contributed by atoms with Gasteiger partial charge in [0.15, 0.2) is 6.10 Å². The van der Waals surface area contributed by atoms with E-state index in [2.05, 4.69) is 13.8 Å². The van der Waals surface area contributed by atoms with Crippen molar-refractivity contribution in [2.45, 2.75) is 238 Å². The van der Waals surface area contributed by atoms with Crippen LogP contribution in [0.1, 0.15) is 226 Å². The largest absolute Gasteiger partial charge is 0.472 e. The Morgan fingerprint density at radius 3 is 1.15 bits per heavy atom. The molecule has 0 bridgehead atoms. The molecule has 0 spiro atoms. The van der Waals surface area contributed by atoms with Gasteiger partial charge in [-0.1, -0.05) is 200 Å². The van der Waals surface area contributed by atoms with Gasteiger partial charge in [0, 0.05) is 12.8 Å². The van der Waals surface area contributed by atoms with Gasteiger partial charge in [-0.05, 0) is 12.8 Å². The van der Waals surface area contributed by atoms with E-state index >= 15 is 0 Å². The van der Waals surface area contributed by atoms with Crippen LogP contribution in [0.2, 0.25) is 0 Å². The van der Waals surface area contributed by atoms with Gasteiger partial charge in [-0.15, -0.1) is 0 Å². The van der Waals surface area contributed by atoms with Crippen LogP contribution in [0.5, 0.6) is 0 Å². The van der Waals surface area contributed by atoms with Crippen molar-refractivity contribution >= 4 is 19.8 Å². The van der Waals surface area contributed by atoms with Gasteiger partial charge in [0.25, 0.3) is 0 Å². The molecular formula is C43H85O10P. The molecule has 0 aromatic heterocycles. The fraction of sp³-hybridized carbons (Fsp3) is 0.953. The van der Waals surface area contributed by atoms with E-state index in [4.69, 9.17) is 23.6 Å². The molecule has 0 rings (SSSR count). The number of hydrogen-bond acceptors (Lipinski definition) is 9. The van der Waals surface area contributed by atoms with E-state index in [0.717, 1.165) is 32.1 Å². The monoisotopic (exact) mass is 793 g/mol. The zero-order valence-corrected chi connectivity index (χ0v) is 35.9. The number of phosphoric ester groups is 1. The molecule has 0 fully saturated rings. The number of rotatable bonds is 43. The first-order chi connectivity index (χ1) is 26.2. The smallest absolute Gasteiger partial charge is 0.462 e. The van der Waals surface area contributed by atoms with Gasteiger partial charge in [0.2, 0.25) is 0 Å². The second-order valence-electron chi connectivity index (χ2n) is 15.4. The molecule has 0 aromatic rings. The Balaban J connectivity index is 4.22. The van der Waals surface area contributed by atoms with Crippen LogP contribution >= 0.6 is 7.82 Å². The highest BCUT2D eigenvalue weighted by molar-refractivity contribution is 7.47. The normalized spacial score (nSPS) is 13.8. The third-order valence-electron chi connectivity index (χ3n) is 10.0. The lowest BCUT2D eigenvalue weighted by molar-refractivity contribution is -0.161. The lowest BCUT2D eigenvalue weighted by atomic mass is 10.0. The topological polar surface area (TPSA) is 149 Å². The average molecular weight is 793 g/mol. The maximum Gasteiger partial charge on any atom is 0.472 e. The summed E-state index contributed by atoms with van der Waals surface area (Å²) in [5.41, 5.74) is 0. The van der Waals surface area contributed by atoms with Gasteiger partial charge in [0.1, 0.15) is 12.7 Å². The van der Waals surface area contributed by atoms with Crippen molar-refractivity contribution in [3.8, 4) is 0 Å². The second-order valence-corrected chi connectivity index (χ2v) is 16.9. The summed E-state index contributed by atoms with van der Waals surface area (Å²) in [5, 5.41) is 18.3. The van der Waals surface area contributed by atoms with E-state index < -0.39 is 51.8 Å². The second kappa shape index (κ2) is 40.2. The summed E-state index contributed by atoms with van der Waals surface area (Å²) in [5.74, 6) is -0.908. The first kappa shape index (κ1) is 53.0. The average Bonchev–Trinajstić information content (AvgIpc) is 3.16. The van der Waals surface area contributed by atoms with E-state index in [1.165, 1.54) is 154 Å². The molecule has 0 aliphatic rings. The first-order valence-electron chi connectivity index (χ1n) is 22.5. The van der Waals surface area contributed by atoms with Crippen LogP contribution in [-0.4, -0.2) is 65.7 Å². The maximum absolute atomic E-state index is 12.6. The number of aliphatic hydroxyl groups excluding tert-OH is 2. The van der Waals surface area contributed by atoms with Crippen molar-refractivity contribution < 1.29 is 47.8 Å². The summed E-state index contributed by atoms with van der Waals surface area (Å²) in [6.45, 7) is 2.42. The van der Waals surface area contributed by atoms with E-state index in [-0.39, 0.29) is 19.4 Å². The van der Waals surface area contributed by atoms with Crippen molar-refractivity contribution in [3.05, 3.63) is 0 Å². The van der Waals surface area contributed by atoms with Crippen molar-refractivity contribution in [1.29, 1.82) is 0 Å². The van der Waals surface area contributed by atoms with E-state index in [1.54, 1.807) is 0 Å². The summed E-state index contributed by atoms with van der Waals surface area (Å²) < 4.78 is 32.7. The van der Waals surface area contributed by atoms with Gasteiger partial charge in [-0.3, -0.25) is 18.6 Å². The third-order valence-corrected chi connectivity index (χ3v) is 11.0. The highest BCUT2D eigenvalue weighted by Crippen LogP contribution is 2.43. The molecule has 0 radical (unpaired) electrons. The lowest BCUT2D eigenvalue weighted by Crippen LogP contribution is -2.29. The van der Waals surface area contributed by atoms with Gasteiger partial charge >= 0.3 is 19.8 Å². The summed E-state index contributed by atoms with van der Waals surface area (Å²) in [4.78, 5) is 35.0. The molecule has 10 nitrogen and oxygen atoms in total. The molecule has 0 saturated carbocycles. The predicted molar refractivity (Wildman–Crippen MR) is 219 cm³/mol. The number of carbonyl (C=O) groups is 2. The molecule has 3 N–H and O–H groups in total. The Labute approximate surface area is 331 Å². The van der Waals surface area contributed by atoms with Crippen LogP contribution < -0.4 is 0 Å². The van der Waals surface area contributed by atoms with Crippen LogP contribution in [0.4, 0.5) is 0 Å². The van der Waals surface area contributed by atoms with E-state index in [1.807, 2.05) is 0 Å². The Morgan fingerprint density at radius 1 is 0.481 bits per heavy atom. The highest BCUT2D eigenvalue weighted by Gasteiger charge is 2.27. The van der Waals surface area contributed by atoms with Gasteiger partial charge in [0.05, 0.1) is 19.8 Å². The summed E-state index contributed by atoms with van der Waals surface area (Å²) in [6.07, 6.45) is 36.3. The molecule has 54 heavy (non-hydrogen) atoms. The highest BCUT2D eigenvalue weighted by atomic mass is 31.2. The molecule has 3 atom stereocenters. The van der Waals surface area contributed by atoms with Crippen molar-refractivity contribution in [3.63, 3.8) is 0 Å². The molecule has 0 saturated heterocycles. The number of ether oxygens (including phenoxy) is 2. The predicted octanol–water partition coefficient (Wildman–Crippen LogP) is 11.8. The fourth-order valence-corrected chi connectivity index (χ4v) is 7.31. The van der Waals surface area contributed by atoms with Crippen LogP contribution in [0.15, 0.2) is 0 Å². The minimum atomic E-state index is -4.61. The van der Waals surface area contributed by atoms with Crippen LogP contribution in [0, 0.1) is 0 Å². The summed E-state index contributed by atoms with van der Waals surface area (Å²) in [7, 11) is -4.61. The minimum absolute atomic E-state index is 0.193. The quantitative estimate of drug-likeness (QED) is 0.0309. The molecule has 3 unspecified atom stereocenters. The number of hydrogen-bond donors (Lipinski definition) is 3. The molecule has 0 amide bonds. The van der Waals surface area contributed by atoms with Gasteiger partial charge < -0.3 is 24.6 Å². The number of unbranched alkanes of at least 4 members (excludes halogenated alkanes) is 29. The van der Waals surface area contributed by atoms with Crippen molar-refractivity contribution in [2.75, 3.05) is 26.4 Å². The number of esters is 2. The molecule has 0 aliphatic heterocycles. The summed E-state index contributed by atoms with van der Waals surface area (Å²) >= 11 is 0. The number of carbonyl (C=O) groups excluding carboxylic acids is 2. The molecule has 322 valence electrons. The number of aliphatic hydroxyl groups is 2.